The molecule has 0 spiro atoms. The summed E-state index contributed by atoms with van der Waals surface area (Å²) in [6.07, 6.45) is 0.376. The smallest absolute Gasteiger partial charge is 0.255 e. The Morgan fingerprint density at radius 3 is 2.75 bits per heavy atom. The van der Waals surface area contributed by atoms with Crippen molar-refractivity contribution in [3.05, 3.63) is 29.8 Å². The van der Waals surface area contributed by atoms with Crippen LogP contribution < -0.4 is 5.32 Å². The quantitative estimate of drug-likeness (QED) is 0.883. The van der Waals surface area contributed by atoms with Gasteiger partial charge in [-0.05, 0) is 25.1 Å². The van der Waals surface area contributed by atoms with E-state index in [2.05, 4.69) is 5.32 Å². The van der Waals surface area contributed by atoms with Crippen LogP contribution in [0.1, 0.15) is 30.6 Å². The number of carbonyl (C=O) groups excluding carboxylic acids is 3. The third kappa shape index (κ3) is 4.08. The number of amides is 3. The minimum absolute atomic E-state index is 0.0358. The van der Waals surface area contributed by atoms with Crippen LogP contribution in [-0.2, 0) is 9.59 Å². The van der Waals surface area contributed by atoms with Crippen molar-refractivity contribution < 1.29 is 14.4 Å². The van der Waals surface area contributed by atoms with E-state index < -0.39 is 6.04 Å². The van der Waals surface area contributed by atoms with Crippen LogP contribution in [0.4, 0.5) is 5.69 Å². The molecular formula is C17H23N3O3S. The molecule has 0 unspecified atom stereocenters. The molecule has 0 saturated carbocycles. The molecule has 1 fully saturated rings. The third-order valence-corrected chi connectivity index (χ3v) is 5.01. The lowest BCUT2D eigenvalue weighted by Gasteiger charge is -2.26. The number of hydrogen-bond donors (Lipinski definition) is 1. The average Bonchev–Trinajstić information content (AvgIpc) is 3.09. The molecule has 0 bridgehead atoms. The van der Waals surface area contributed by atoms with Crippen molar-refractivity contribution in [1.82, 2.24) is 9.80 Å². The van der Waals surface area contributed by atoms with Gasteiger partial charge in [0.25, 0.3) is 5.91 Å². The molecular weight excluding hydrogens is 326 g/mol. The number of rotatable bonds is 5. The van der Waals surface area contributed by atoms with Crippen molar-refractivity contribution >= 4 is 35.2 Å². The molecule has 7 heteroatoms. The van der Waals surface area contributed by atoms with Crippen LogP contribution in [0.2, 0.25) is 0 Å². The Hall–Kier alpha value is -2.02. The normalized spacial score (nSPS) is 16.8. The Morgan fingerprint density at radius 1 is 1.33 bits per heavy atom. The highest BCUT2D eigenvalue weighted by Gasteiger charge is 2.36. The first-order valence-corrected chi connectivity index (χ1v) is 9.17. The summed E-state index contributed by atoms with van der Waals surface area (Å²) in [5.74, 6) is 0.787. The van der Waals surface area contributed by atoms with Crippen LogP contribution in [0.3, 0.4) is 0 Å². The first-order chi connectivity index (χ1) is 11.5. The molecule has 1 aromatic carbocycles. The lowest BCUT2D eigenvalue weighted by Crippen LogP contribution is -2.47. The number of nitrogens with one attached hydrogen (secondary N) is 1. The molecule has 130 valence electrons. The molecule has 0 aliphatic carbocycles. The number of likely N-dealkylation sites (N-methyl/N-ethyl adjacent to an activating group) is 1. The van der Waals surface area contributed by atoms with Crippen LogP contribution in [0.15, 0.2) is 24.3 Å². The minimum Gasteiger partial charge on any atom is -0.344 e. The zero-order chi connectivity index (χ0) is 17.7. The van der Waals surface area contributed by atoms with E-state index in [9.17, 15) is 14.4 Å². The van der Waals surface area contributed by atoms with E-state index in [1.807, 2.05) is 6.92 Å². The lowest BCUT2D eigenvalue weighted by molar-refractivity contribution is -0.133. The summed E-state index contributed by atoms with van der Waals surface area (Å²) in [7, 11) is 1.74. The van der Waals surface area contributed by atoms with E-state index >= 15 is 0 Å². The third-order valence-electron chi connectivity index (χ3n) is 3.99. The molecule has 24 heavy (non-hydrogen) atoms. The number of thioether (sulfide) groups is 1. The summed E-state index contributed by atoms with van der Waals surface area (Å²) in [6, 6.07) is 6.41. The van der Waals surface area contributed by atoms with Gasteiger partial charge in [0, 0.05) is 37.0 Å². The van der Waals surface area contributed by atoms with Gasteiger partial charge in [-0.3, -0.25) is 14.4 Å². The summed E-state index contributed by atoms with van der Waals surface area (Å²) in [4.78, 5) is 40.0. The number of carbonyl (C=O) groups is 3. The van der Waals surface area contributed by atoms with Gasteiger partial charge in [-0.15, -0.1) is 11.8 Å². The summed E-state index contributed by atoms with van der Waals surface area (Å²) in [5.41, 5.74) is 1.07. The lowest BCUT2D eigenvalue weighted by atomic mass is 10.1. The molecule has 6 nitrogen and oxygen atoms in total. The zero-order valence-corrected chi connectivity index (χ0v) is 15.1. The summed E-state index contributed by atoms with van der Waals surface area (Å²) in [5, 5.41) is 2.75. The molecule has 1 atom stereocenters. The summed E-state index contributed by atoms with van der Waals surface area (Å²) >= 11 is 1.58. The van der Waals surface area contributed by atoms with E-state index in [0.717, 1.165) is 0 Å². The van der Waals surface area contributed by atoms with Crippen molar-refractivity contribution in [2.75, 3.05) is 30.5 Å². The molecule has 0 radical (unpaired) electrons. The Morgan fingerprint density at radius 2 is 2.08 bits per heavy atom. The first kappa shape index (κ1) is 18.3. The van der Waals surface area contributed by atoms with Crippen molar-refractivity contribution in [3.8, 4) is 0 Å². The van der Waals surface area contributed by atoms with Gasteiger partial charge in [0.05, 0.1) is 5.88 Å². The molecule has 0 aromatic heterocycles. The monoisotopic (exact) mass is 349 g/mol. The van der Waals surface area contributed by atoms with Crippen LogP contribution in [-0.4, -0.2) is 58.8 Å². The van der Waals surface area contributed by atoms with Gasteiger partial charge in [0.15, 0.2) is 0 Å². The Labute approximate surface area is 146 Å². The van der Waals surface area contributed by atoms with Gasteiger partial charge < -0.3 is 15.1 Å². The Balaban J connectivity index is 2.17. The highest BCUT2D eigenvalue weighted by atomic mass is 32.2. The molecule has 1 aromatic rings. The second-order valence-corrected chi connectivity index (χ2v) is 6.63. The van der Waals surface area contributed by atoms with Crippen LogP contribution in [0, 0.1) is 0 Å². The second kappa shape index (κ2) is 8.19. The molecule has 2 rings (SSSR count). The number of benzene rings is 1. The Kier molecular flexibility index (Phi) is 6.25. The number of nitrogens with zero attached hydrogens (tertiary/aromatic N) is 2. The number of anilines is 1. The topological polar surface area (TPSA) is 69.7 Å². The van der Waals surface area contributed by atoms with Crippen LogP contribution >= 0.6 is 11.8 Å². The van der Waals surface area contributed by atoms with Crippen LogP contribution in [0.25, 0.3) is 0 Å². The molecule has 1 heterocycles. The SMILES string of the molecule is CCC(=O)Nc1cccc(C(=O)N2CSC[C@@H]2C(=O)N(C)CC)c1. The maximum atomic E-state index is 12.8. The summed E-state index contributed by atoms with van der Waals surface area (Å²) in [6.45, 7) is 4.29. The maximum absolute atomic E-state index is 12.8. The second-order valence-electron chi connectivity index (χ2n) is 5.63. The molecule has 1 aliphatic heterocycles. The van der Waals surface area contributed by atoms with Gasteiger partial charge >= 0.3 is 0 Å². The minimum atomic E-state index is -0.429. The number of hydrogen-bond acceptors (Lipinski definition) is 4. The predicted molar refractivity (Wildman–Crippen MR) is 96.0 cm³/mol. The highest BCUT2D eigenvalue weighted by molar-refractivity contribution is 7.99. The highest BCUT2D eigenvalue weighted by Crippen LogP contribution is 2.25. The predicted octanol–water partition coefficient (Wildman–Crippen LogP) is 2.03. The van der Waals surface area contributed by atoms with Crippen molar-refractivity contribution in [2.24, 2.45) is 0 Å². The first-order valence-electron chi connectivity index (χ1n) is 8.01. The van der Waals surface area contributed by atoms with Gasteiger partial charge in [0.2, 0.25) is 11.8 Å². The van der Waals surface area contributed by atoms with E-state index in [1.54, 1.807) is 59.8 Å². The fourth-order valence-electron chi connectivity index (χ4n) is 2.40. The van der Waals surface area contributed by atoms with E-state index in [-0.39, 0.29) is 17.7 Å². The fraction of sp³-hybridized carbons (Fsp3) is 0.471. The van der Waals surface area contributed by atoms with Gasteiger partial charge in [0.1, 0.15) is 6.04 Å². The Bertz CT molecular complexity index is 635. The summed E-state index contributed by atoms with van der Waals surface area (Å²) < 4.78 is 0. The molecule has 1 aliphatic rings. The van der Waals surface area contributed by atoms with Gasteiger partial charge in [-0.25, -0.2) is 0 Å². The van der Waals surface area contributed by atoms with Crippen molar-refractivity contribution in [2.45, 2.75) is 26.3 Å². The van der Waals surface area contributed by atoms with Gasteiger partial charge in [-0.1, -0.05) is 13.0 Å². The van der Waals surface area contributed by atoms with E-state index in [1.165, 1.54) is 0 Å². The standard InChI is InChI=1S/C17H23N3O3S/c1-4-15(21)18-13-8-6-7-12(9-13)16(22)20-11-24-10-14(20)17(23)19(3)5-2/h6-9,14H,4-5,10-11H2,1-3H3,(H,18,21)/t14-/m1/s1. The molecule has 1 saturated heterocycles. The van der Waals surface area contributed by atoms with E-state index in [4.69, 9.17) is 0 Å². The fourth-order valence-corrected chi connectivity index (χ4v) is 3.55. The largest absolute Gasteiger partial charge is 0.344 e. The maximum Gasteiger partial charge on any atom is 0.255 e. The van der Waals surface area contributed by atoms with Crippen LogP contribution in [0.5, 0.6) is 0 Å². The zero-order valence-electron chi connectivity index (χ0n) is 14.2. The van der Waals surface area contributed by atoms with Crippen molar-refractivity contribution in [1.29, 1.82) is 0 Å². The van der Waals surface area contributed by atoms with E-state index in [0.29, 0.717) is 35.8 Å². The van der Waals surface area contributed by atoms with Crippen molar-refractivity contribution in [3.63, 3.8) is 0 Å². The van der Waals surface area contributed by atoms with Gasteiger partial charge in [-0.2, -0.15) is 0 Å². The molecule has 3 amide bonds. The average molecular weight is 349 g/mol. The molecule has 1 N–H and O–H groups in total.